The number of rotatable bonds is 0. The van der Waals surface area contributed by atoms with Crippen molar-refractivity contribution in [3.63, 3.8) is 0 Å². The molecule has 0 rings (SSSR count). The summed E-state index contributed by atoms with van der Waals surface area (Å²) in [5.41, 5.74) is 0. The van der Waals surface area contributed by atoms with Crippen molar-refractivity contribution in [3.8, 4) is 0 Å². The van der Waals surface area contributed by atoms with E-state index >= 15 is 0 Å². The summed E-state index contributed by atoms with van der Waals surface area (Å²) in [6.07, 6.45) is 0. The van der Waals surface area contributed by atoms with Gasteiger partial charge >= 0.3 is 68.2 Å². The summed E-state index contributed by atoms with van der Waals surface area (Å²) in [5.74, 6) is 0. The van der Waals surface area contributed by atoms with Crippen LogP contribution in [0, 0.1) is 46.0 Å². The Bertz CT molecular complexity index is 118. The molecule has 0 aromatic rings. The Hall–Kier alpha value is -0.257. The molecule has 14 heavy (non-hydrogen) atoms. The van der Waals surface area contributed by atoms with Gasteiger partial charge in [-0.25, -0.2) is 0 Å². The first-order chi connectivity index (χ1) is 5.20. The molecule has 1 radical (unpaired) electrons. The van der Waals surface area contributed by atoms with Crippen LogP contribution in [0.15, 0.2) is 0 Å². The van der Waals surface area contributed by atoms with E-state index in [9.17, 15) is 0 Å². The van der Waals surface area contributed by atoms with Crippen molar-refractivity contribution in [1.29, 1.82) is 0 Å². The zero-order chi connectivity index (χ0) is 10.7. The minimum absolute atomic E-state index is 0. The van der Waals surface area contributed by atoms with Crippen LogP contribution in [0.4, 0.5) is 0 Å². The topological polar surface area (TPSA) is 199 Å². The molecule has 0 aliphatic heterocycles. The van der Waals surface area contributed by atoms with E-state index in [0.29, 0.717) is 0 Å². The fourth-order valence-electron chi connectivity index (χ4n) is 0. The van der Waals surface area contributed by atoms with Gasteiger partial charge in [-0.15, -0.1) is 0 Å². The fraction of sp³-hybridized carbons (Fsp3) is 0. The van der Waals surface area contributed by atoms with Crippen molar-refractivity contribution >= 4 is 0 Å². The van der Waals surface area contributed by atoms with E-state index < -0.39 is 15.3 Å². The molecule has 14 heteroatoms. The smallest absolute Gasteiger partial charge is 0.356 e. The minimum Gasteiger partial charge on any atom is -0.356 e. The van der Waals surface area contributed by atoms with Crippen LogP contribution in [0.5, 0.6) is 0 Å². The normalized spacial score (nSPS) is 5.14. The molecular formula is CoKN3O9. The predicted octanol–water partition coefficient (Wildman–Crippen LogP) is -3.72. The summed E-state index contributed by atoms with van der Waals surface area (Å²) in [7, 11) is 0. The second-order valence-corrected chi connectivity index (χ2v) is 0.671. The summed E-state index contributed by atoms with van der Waals surface area (Å²) in [5, 5.41) is 44.2. The Morgan fingerprint density at radius 2 is 0.571 bits per heavy atom. The van der Waals surface area contributed by atoms with Crippen LogP contribution in [0.1, 0.15) is 0 Å². The average molecular weight is 284 g/mol. The maximum absolute atomic E-state index is 8.25. The van der Waals surface area contributed by atoms with Crippen molar-refractivity contribution in [2.75, 3.05) is 0 Å². The van der Waals surface area contributed by atoms with Gasteiger partial charge in [0.15, 0.2) is 0 Å². The summed E-state index contributed by atoms with van der Waals surface area (Å²) in [6, 6.07) is 0. The van der Waals surface area contributed by atoms with Crippen molar-refractivity contribution < 1.29 is 83.4 Å². The molecule has 0 saturated carbocycles. The average Bonchev–Trinajstić information content (AvgIpc) is 1.54. The standard InChI is InChI=1S/Co.K.3NO3/c;;3*2-1(3)4/q+2;+1;3*-1. The number of hydrogen-bond acceptors (Lipinski definition) is 9. The second-order valence-electron chi connectivity index (χ2n) is 0.671. The molecule has 0 aromatic heterocycles. The van der Waals surface area contributed by atoms with Crippen LogP contribution >= 0.6 is 0 Å². The zero-order valence-corrected chi connectivity index (χ0v) is 10.5. The summed E-state index contributed by atoms with van der Waals surface area (Å²) in [6.45, 7) is 0. The van der Waals surface area contributed by atoms with Crippen molar-refractivity contribution in [1.82, 2.24) is 0 Å². The van der Waals surface area contributed by atoms with Crippen LogP contribution in [-0.4, -0.2) is 15.3 Å². The first-order valence-electron chi connectivity index (χ1n) is 1.64. The summed E-state index contributed by atoms with van der Waals surface area (Å²) in [4.78, 5) is 24.8. The Labute approximate surface area is 128 Å². The Morgan fingerprint density at radius 1 is 0.571 bits per heavy atom. The van der Waals surface area contributed by atoms with E-state index in [1.54, 1.807) is 0 Å². The van der Waals surface area contributed by atoms with E-state index in [2.05, 4.69) is 0 Å². The molecule has 0 atom stereocenters. The van der Waals surface area contributed by atoms with Crippen molar-refractivity contribution in [3.05, 3.63) is 46.0 Å². The van der Waals surface area contributed by atoms with E-state index in [1.165, 1.54) is 0 Å². The van der Waals surface area contributed by atoms with Crippen LogP contribution in [0.2, 0.25) is 0 Å². The maximum Gasteiger partial charge on any atom is 2.00 e. The minimum atomic E-state index is -1.75. The maximum atomic E-state index is 8.25. The molecule has 0 heterocycles. The predicted molar refractivity (Wildman–Crippen MR) is 31.1 cm³/mol. The second kappa shape index (κ2) is 23.0. The molecule has 0 spiro atoms. The molecule has 0 unspecified atom stereocenters. The van der Waals surface area contributed by atoms with Gasteiger partial charge in [-0.2, -0.15) is 0 Å². The third-order valence-corrected chi connectivity index (χ3v) is 0. The molecule has 79 valence electrons. The van der Waals surface area contributed by atoms with Gasteiger partial charge in [0, 0.05) is 0 Å². The molecule has 0 aliphatic carbocycles. The van der Waals surface area contributed by atoms with Gasteiger partial charge in [-0.05, 0) is 0 Å². The zero-order valence-electron chi connectivity index (χ0n) is 6.35. The fourth-order valence-corrected chi connectivity index (χ4v) is 0. The molecule has 0 saturated heterocycles. The molecular weight excluding hydrogens is 284 g/mol. The molecule has 0 fully saturated rings. The van der Waals surface area contributed by atoms with E-state index in [-0.39, 0.29) is 68.2 Å². The Kier molecular flexibility index (Phi) is 47.9. The Balaban J connectivity index is -0.0000000270. The first kappa shape index (κ1) is 29.2. The molecule has 12 nitrogen and oxygen atoms in total. The first-order valence-corrected chi connectivity index (χ1v) is 1.64. The van der Waals surface area contributed by atoms with Gasteiger partial charge in [0.25, 0.3) is 0 Å². The summed E-state index contributed by atoms with van der Waals surface area (Å²) >= 11 is 0. The SMILES string of the molecule is O=[N+]([O-])[O-].O=[N+]([O-])[O-].O=[N+]([O-])[O-].[Co+2].[K+]. The van der Waals surface area contributed by atoms with Gasteiger partial charge in [0.1, 0.15) is 0 Å². The molecule has 0 bridgehead atoms. The van der Waals surface area contributed by atoms with Gasteiger partial charge in [-0.3, -0.25) is 0 Å². The molecule has 0 aromatic carbocycles. The van der Waals surface area contributed by atoms with Gasteiger partial charge in [0.2, 0.25) is 0 Å². The van der Waals surface area contributed by atoms with Crippen LogP contribution < -0.4 is 51.4 Å². The number of nitrogens with zero attached hydrogens (tertiary/aromatic N) is 3. The number of hydrogen-bond donors (Lipinski definition) is 0. The van der Waals surface area contributed by atoms with Crippen LogP contribution in [0.25, 0.3) is 0 Å². The molecule has 0 N–H and O–H groups in total. The van der Waals surface area contributed by atoms with Crippen molar-refractivity contribution in [2.24, 2.45) is 0 Å². The third kappa shape index (κ3) is 20500. The van der Waals surface area contributed by atoms with Gasteiger partial charge < -0.3 is 46.0 Å². The van der Waals surface area contributed by atoms with E-state index in [4.69, 9.17) is 46.0 Å². The van der Waals surface area contributed by atoms with Crippen molar-refractivity contribution in [2.45, 2.75) is 0 Å². The molecule has 0 aliphatic rings. The van der Waals surface area contributed by atoms with Gasteiger partial charge in [-0.1, -0.05) is 0 Å². The van der Waals surface area contributed by atoms with E-state index in [0.717, 1.165) is 0 Å². The third-order valence-electron chi connectivity index (χ3n) is 0. The largest absolute Gasteiger partial charge is 2.00 e. The van der Waals surface area contributed by atoms with Crippen LogP contribution in [-0.2, 0) is 16.8 Å². The van der Waals surface area contributed by atoms with Gasteiger partial charge in [0.05, 0.1) is 15.3 Å². The molecule has 0 amide bonds. The van der Waals surface area contributed by atoms with E-state index in [1.807, 2.05) is 0 Å². The Morgan fingerprint density at radius 3 is 0.571 bits per heavy atom. The summed E-state index contributed by atoms with van der Waals surface area (Å²) < 4.78 is 0. The van der Waals surface area contributed by atoms with Crippen LogP contribution in [0.3, 0.4) is 0 Å². The monoisotopic (exact) mass is 284 g/mol. The quantitative estimate of drug-likeness (QED) is 0.243.